The average molecular weight is 384 g/mol. The van der Waals surface area contributed by atoms with Gasteiger partial charge in [0.15, 0.2) is 12.6 Å². The Kier molecular flexibility index (Phi) is 8.12. The number of ether oxygens (including phenoxy) is 4. The Labute approximate surface area is 150 Å². The van der Waals surface area contributed by atoms with Crippen molar-refractivity contribution in [3.63, 3.8) is 0 Å². The molecule has 0 aromatic carbocycles. The van der Waals surface area contributed by atoms with Crippen LogP contribution in [0.1, 0.15) is 13.3 Å². The van der Waals surface area contributed by atoms with E-state index in [9.17, 15) is 35.7 Å². The molecule has 0 aliphatic carbocycles. The predicted octanol–water partition coefficient (Wildman–Crippen LogP) is -3.96. The zero-order valence-corrected chi connectivity index (χ0v) is 14.4. The summed E-state index contributed by atoms with van der Waals surface area (Å²) in [4.78, 5) is 0. The molecule has 2 heterocycles. The molecule has 10 atom stereocenters. The second kappa shape index (κ2) is 9.66. The average Bonchev–Trinajstić information content (AvgIpc) is 2.64. The molecule has 154 valence electrons. The first-order valence-corrected chi connectivity index (χ1v) is 8.55. The van der Waals surface area contributed by atoms with E-state index < -0.39 is 74.6 Å². The maximum absolute atomic E-state index is 10.4. The van der Waals surface area contributed by atoms with Crippen LogP contribution in [0.3, 0.4) is 0 Å². The van der Waals surface area contributed by atoms with Gasteiger partial charge in [0.25, 0.3) is 0 Å². The van der Waals surface area contributed by atoms with Crippen LogP contribution < -0.4 is 0 Å². The summed E-state index contributed by atoms with van der Waals surface area (Å²) in [6.07, 6.45) is -13.7. The zero-order valence-electron chi connectivity index (χ0n) is 14.4. The number of aliphatic hydroxyl groups is 7. The van der Waals surface area contributed by atoms with Crippen LogP contribution in [0.15, 0.2) is 0 Å². The van der Waals surface area contributed by atoms with Crippen molar-refractivity contribution in [1.29, 1.82) is 0 Å². The summed E-state index contributed by atoms with van der Waals surface area (Å²) in [6.45, 7) is 0.873. The molecular weight excluding hydrogens is 356 g/mol. The first-order chi connectivity index (χ1) is 12.3. The molecule has 0 spiro atoms. The molecule has 2 saturated heterocycles. The first-order valence-electron chi connectivity index (χ1n) is 8.55. The van der Waals surface area contributed by atoms with Gasteiger partial charge in [-0.25, -0.2) is 0 Å². The monoisotopic (exact) mass is 384 g/mol. The molecule has 0 bridgehead atoms. The minimum atomic E-state index is -1.70. The largest absolute Gasteiger partial charge is 0.394 e. The lowest BCUT2D eigenvalue weighted by atomic mass is 9.97. The van der Waals surface area contributed by atoms with E-state index in [1.54, 1.807) is 0 Å². The van der Waals surface area contributed by atoms with Gasteiger partial charge < -0.3 is 54.7 Å². The third-order valence-corrected chi connectivity index (χ3v) is 4.45. The molecule has 7 N–H and O–H groups in total. The number of hydrogen-bond donors (Lipinski definition) is 7. The van der Waals surface area contributed by atoms with Crippen LogP contribution in [0.4, 0.5) is 0 Å². The molecule has 2 aliphatic heterocycles. The van der Waals surface area contributed by atoms with Gasteiger partial charge in [0, 0.05) is 6.61 Å². The molecule has 11 nitrogen and oxygen atoms in total. The van der Waals surface area contributed by atoms with Crippen LogP contribution in [-0.2, 0) is 18.9 Å². The maximum atomic E-state index is 10.4. The lowest BCUT2D eigenvalue weighted by molar-refractivity contribution is -0.360. The van der Waals surface area contributed by atoms with E-state index in [0.29, 0.717) is 6.42 Å². The molecule has 0 saturated carbocycles. The van der Waals surface area contributed by atoms with E-state index in [0.717, 1.165) is 0 Å². The van der Waals surface area contributed by atoms with E-state index in [1.807, 2.05) is 6.92 Å². The Morgan fingerprint density at radius 2 is 1.31 bits per heavy atom. The smallest absolute Gasteiger partial charge is 0.187 e. The summed E-state index contributed by atoms with van der Waals surface area (Å²) in [7, 11) is 0. The fourth-order valence-corrected chi connectivity index (χ4v) is 2.92. The van der Waals surface area contributed by atoms with Crippen molar-refractivity contribution >= 4 is 0 Å². The van der Waals surface area contributed by atoms with E-state index >= 15 is 0 Å². The van der Waals surface area contributed by atoms with Crippen molar-refractivity contribution in [2.45, 2.75) is 74.8 Å². The van der Waals surface area contributed by atoms with Gasteiger partial charge in [0.05, 0.1) is 13.2 Å². The van der Waals surface area contributed by atoms with Crippen molar-refractivity contribution in [2.75, 3.05) is 19.8 Å². The molecule has 26 heavy (non-hydrogen) atoms. The van der Waals surface area contributed by atoms with Crippen LogP contribution in [0.2, 0.25) is 0 Å². The van der Waals surface area contributed by atoms with Gasteiger partial charge in [-0.05, 0) is 6.42 Å². The summed E-state index contributed by atoms with van der Waals surface area (Å²) >= 11 is 0. The Balaban J connectivity index is 2.13. The highest BCUT2D eigenvalue weighted by Crippen LogP contribution is 2.29. The molecular formula is C15H28O11. The van der Waals surface area contributed by atoms with Crippen molar-refractivity contribution < 1.29 is 54.7 Å². The van der Waals surface area contributed by atoms with Gasteiger partial charge >= 0.3 is 0 Å². The third kappa shape index (κ3) is 4.51. The van der Waals surface area contributed by atoms with Crippen molar-refractivity contribution in [2.24, 2.45) is 0 Å². The number of aliphatic hydroxyl groups excluding tert-OH is 7. The Morgan fingerprint density at radius 3 is 1.88 bits per heavy atom. The summed E-state index contributed by atoms with van der Waals surface area (Å²) in [6, 6.07) is 0. The Morgan fingerprint density at radius 1 is 0.731 bits per heavy atom. The van der Waals surface area contributed by atoms with Gasteiger partial charge in [-0.1, -0.05) is 6.92 Å². The fraction of sp³-hybridized carbons (Fsp3) is 1.00. The molecule has 11 heteroatoms. The van der Waals surface area contributed by atoms with E-state index in [4.69, 9.17) is 18.9 Å². The van der Waals surface area contributed by atoms with Crippen LogP contribution in [0.5, 0.6) is 0 Å². The molecule has 2 aliphatic rings. The second-order valence-electron chi connectivity index (χ2n) is 6.38. The molecule has 0 aromatic heterocycles. The van der Waals surface area contributed by atoms with Gasteiger partial charge in [-0.15, -0.1) is 0 Å². The standard InChI is InChI=1S/C15H28O11/c1-2-3-23-14-12(22)13(9(19)7(5-17)24-14)26-15-11(21)10(20)8(18)6(4-16)25-15/h6-22H,2-5H2,1H3/t6-,7-,8+,9-,10+,11-,12-,13+,14+,15+/m1/s1. The molecule has 0 radical (unpaired) electrons. The van der Waals surface area contributed by atoms with Gasteiger partial charge in [0.2, 0.25) is 0 Å². The summed E-state index contributed by atoms with van der Waals surface area (Å²) in [5.41, 5.74) is 0. The third-order valence-electron chi connectivity index (χ3n) is 4.45. The highest BCUT2D eigenvalue weighted by atomic mass is 16.7. The molecule has 0 amide bonds. The lowest BCUT2D eigenvalue weighted by Crippen LogP contribution is -2.64. The minimum Gasteiger partial charge on any atom is -0.394 e. The quantitative estimate of drug-likeness (QED) is 0.228. The second-order valence-corrected chi connectivity index (χ2v) is 6.38. The zero-order chi connectivity index (χ0) is 19.4. The van der Waals surface area contributed by atoms with Crippen LogP contribution >= 0.6 is 0 Å². The number of hydrogen-bond acceptors (Lipinski definition) is 11. The van der Waals surface area contributed by atoms with Gasteiger partial charge in [-0.3, -0.25) is 0 Å². The highest BCUT2D eigenvalue weighted by Gasteiger charge is 2.50. The highest BCUT2D eigenvalue weighted by molar-refractivity contribution is 4.94. The van der Waals surface area contributed by atoms with E-state index in [1.165, 1.54) is 0 Å². The predicted molar refractivity (Wildman–Crippen MR) is 82.6 cm³/mol. The SMILES string of the molecule is CCCO[C@H]1O[C@H](CO)[C@@H](O)[C@H](O[C@@H]2O[C@H](CO)[C@H](O)[C@H](O)[C@H]2O)[C@H]1O. The van der Waals surface area contributed by atoms with Crippen molar-refractivity contribution in [3.8, 4) is 0 Å². The summed E-state index contributed by atoms with van der Waals surface area (Å²) in [5, 5.41) is 68.9. The van der Waals surface area contributed by atoms with Crippen molar-refractivity contribution in [1.82, 2.24) is 0 Å². The fourth-order valence-electron chi connectivity index (χ4n) is 2.92. The Bertz CT molecular complexity index is 422. The van der Waals surface area contributed by atoms with Crippen LogP contribution in [0, 0.1) is 0 Å². The summed E-state index contributed by atoms with van der Waals surface area (Å²) in [5.74, 6) is 0. The van der Waals surface area contributed by atoms with E-state index in [2.05, 4.69) is 0 Å². The molecule has 0 aromatic rings. The normalized spacial score (nSPS) is 47.1. The minimum absolute atomic E-state index is 0.253. The molecule has 2 rings (SSSR count). The van der Waals surface area contributed by atoms with Gasteiger partial charge in [0.1, 0.15) is 48.8 Å². The lowest BCUT2D eigenvalue weighted by Gasteiger charge is -2.45. The van der Waals surface area contributed by atoms with Crippen LogP contribution in [0.25, 0.3) is 0 Å². The first kappa shape index (κ1) is 21.9. The summed E-state index contributed by atoms with van der Waals surface area (Å²) < 4.78 is 21.3. The number of rotatable bonds is 7. The Hall–Kier alpha value is -0.440. The maximum Gasteiger partial charge on any atom is 0.187 e. The molecule has 2 fully saturated rings. The van der Waals surface area contributed by atoms with Gasteiger partial charge in [-0.2, -0.15) is 0 Å². The van der Waals surface area contributed by atoms with Crippen molar-refractivity contribution in [3.05, 3.63) is 0 Å². The van der Waals surface area contributed by atoms with E-state index in [-0.39, 0.29) is 6.61 Å². The molecule has 0 unspecified atom stereocenters. The van der Waals surface area contributed by atoms with Crippen LogP contribution in [-0.4, -0.2) is 117 Å². The topological polar surface area (TPSA) is 179 Å².